The molecule has 1 aromatic heterocycles. The number of hydrogen-bond acceptors (Lipinski definition) is 2. The maximum absolute atomic E-state index is 5.49. The summed E-state index contributed by atoms with van der Waals surface area (Å²) in [5.74, 6) is 2.69. The van der Waals surface area contributed by atoms with E-state index in [9.17, 15) is 0 Å². The van der Waals surface area contributed by atoms with Gasteiger partial charge in [-0.25, -0.2) is 0 Å². The molecule has 4 atom stereocenters. The van der Waals surface area contributed by atoms with E-state index in [4.69, 9.17) is 4.74 Å². The predicted octanol–water partition coefficient (Wildman–Crippen LogP) is 4.14. The zero-order valence-corrected chi connectivity index (χ0v) is 13.6. The zero-order valence-electron chi connectivity index (χ0n) is 13.6. The van der Waals surface area contributed by atoms with E-state index in [1.54, 1.807) is 0 Å². The maximum Gasteiger partial charge on any atom is 0.0489 e. The van der Waals surface area contributed by atoms with E-state index in [0.29, 0.717) is 5.41 Å². The first kappa shape index (κ1) is 15.1. The van der Waals surface area contributed by atoms with Crippen molar-refractivity contribution in [3.63, 3.8) is 0 Å². The van der Waals surface area contributed by atoms with Gasteiger partial charge < -0.3 is 4.74 Å². The molecule has 0 N–H and O–H groups in total. The molecule has 2 aliphatic carbocycles. The predicted molar refractivity (Wildman–Crippen MR) is 85.0 cm³/mol. The number of hydrogen-bond donors (Lipinski definition) is 0. The third-order valence-electron chi connectivity index (χ3n) is 6.31. The fourth-order valence-electron chi connectivity index (χ4n) is 5.30. The van der Waals surface area contributed by atoms with Crippen molar-refractivity contribution < 1.29 is 4.74 Å². The van der Waals surface area contributed by atoms with Crippen LogP contribution in [0.3, 0.4) is 0 Å². The number of ether oxygens (including phenoxy) is 1. The quantitative estimate of drug-likeness (QED) is 0.787. The highest BCUT2D eigenvalue weighted by Gasteiger charge is 2.50. The van der Waals surface area contributed by atoms with Gasteiger partial charge in [-0.2, -0.15) is 5.10 Å². The first-order chi connectivity index (χ1) is 10.3. The van der Waals surface area contributed by atoms with Crippen LogP contribution in [0.25, 0.3) is 0 Å². The van der Waals surface area contributed by atoms with Crippen LogP contribution in [0.1, 0.15) is 51.9 Å². The fraction of sp³-hybridized carbons (Fsp3) is 0.833. The topological polar surface area (TPSA) is 27.1 Å². The second-order valence-electron chi connectivity index (χ2n) is 7.25. The zero-order chi connectivity index (χ0) is 14.7. The van der Waals surface area contributed by atoms with Crippen molar-refractivity contribution in [3.8, 4) is 0 Å². The van der Waals surface area contributed by atoms with Gasteiger partial charge in [0, 0.05) is 32.7 Å². The molecule has 3 rings (SSSR count). The number of rotatable bonds is 6. The smallest absolute Gasteiger partial charge is 0.0489 e. The average molecular weight is 290 g/mol. The lowest BCUT2D eigenvalue weighted by Gasteiger charge is -2.54. The molecule has 0 amide bonds. The molecule has 2 aliphatic rings. The van der Waals surface area contributed by atoms with Crippen molar-refractivity contribution >= 4 is 0 Å². The summed E-state index contributed by atoms with van der Waals surface area (Å²) in [5.41, 5.74) is 0.397. The summed E-state index contributed by atoms with van der Waals surface area (Å²) < 4.78 is 7.66. The van der Waals surface area contributed by atoms with Crippen LogP contribution in [-0.4, -0.2) is 23.5 Å². The van der Waals surface area contributed by atoms with Crippen molar-refractivity contribution in [3.05, 3.63) is 18.5 Å². The minimum absolute atomic E-state index is 0.397. The van der Waals surface area contributed by atoms with Crippen LogP contribution in [0.2, 0.25) is 0 Å². The molecule has 2 saturated carbocycles. The molecule has 0 saturated heterocycles. The van der Waals surface area contributed by atoms with Gasteiger partial charge in [-0.05, 0) is 54.9 Å². The van der Waals surface area contributed by atoms with Crippen LogP contribution >= 0.6 is 0 Å². The van der Waals surface area contributed by atoms with E-state index in [1.165, 1.54) is 44.9 Å². The van der Waals surface area contributed by atoms with E-state index in [0.717, 1.165) is 30.9 Å². The van der Waals surface area contributed by atoms with Gasteiger partial charge in [-0.15, -0.1) is 0 Å². The van der Waals surface area contributed by atoms with E-state index in [-0.39, 0.29) is 0 Å². The summed E-state index contributed by atoms with van der Waals surface area (Å²) in [4.78, 5) is 0. The molecule has 2 bridgehead atoms. The summed E-state index contributed by atoms with van der Waals surface area (Å²) in [6.45, 7) is 4.36. The summed E-state index contributed by atoms with van der Waals surface area (Å²) >= 11 is 0. The van der Waals surface area contributed by atoms with E-state index >= 15 is 0 Å². The van der Waals surface area contributed by atoms with Gasteiger partial charge in [-0.3, -0.25) is 4.68 Å². The van der Waals surface area contributed by atoms with Gasteiger partial charge in [0.2, 0.25) is 0 Å². The molecule has 1 aromatic rings. The van der Waals surface area contributed by atoms with Gasteiger partial charge in [0.25, 0.3) is 0 Å². The third-order valence-corrected chi connectivity index (χ3v) is 6.31. The molecule has 2 fully saturated rings. The van der Waals surface area contributed by atoms with Crippen LogP contribution in [0.5, 0.6) is 0 Å². The lowest BCUT2D eigenvalue weighted by Crippen LogP contribution is -2.49. The Morgan fingerprint density at radius 1 is 1.33 bits per heavy atom. The largest absolute Gasteiger partial charge is 0.385 e. The fourth-order valence-corrected chi connectivity index (χ4v) is 5.30. The van der Waals surface area contributed by atoms with Crippen molar-refractivity contribution in [1.29, 1.82) is 0 Å². The molecule has 0 aliphatic heterocycles. The third kappa shape index (κ3) is 2.90. The highest BCUT2D eigenvalue weighted by atomic mass is 16.5. The van der Waals surface area contributed by atoms with E-state index in [1.807, 2.05) is 13.3 Å². The molecular weight excluding hydrogens is 260 g/mol. The monoisotopic (exact) mass is 290 g/mol. The van der Waals surface area contributed by atoms with Gasteiger partial charge >= 0.3 is 0 Å². The Morgan fingerprint density at radius 2 is 2.24 bits per heavy atom. The van der Waals surface area contributed by atoms with Gasteiger partial charge in [0.05, 0.1) is 0 Å². The molecule has 3 heteroatoms. The Kier molecular flexibility index (Phi) is 4.68. The Hall–Kier alpha value is -0.830. The summed E-state index contributed by atoms with van der Waals surface area (Å²) in [7, 11) is 1.84. The lowest BCUT2D eigenvalue weighted by atomic mass is 9.52. The lowest BCUT2D eigenvalue weighted by molar-refractivity contribution is -0.0674. The summed E-state index contributed by atoms with van der Waals surface area (Å²) in [6.07, 6.45) is 13.7. The van der Waals surface area contributed by atoms with Crippen LogP contribution in [0.4, 0.5) is 0 Å². The Labute approximate surface area is 129 Å². The van der Waals surface area contributed by atoms with Crippen molar-refractivity contribution in [1.82, 2.24) is 9.78 Å². The first-order valence-electron chi connectivity index (χ1n) is 8.75. The highest BCUT2D eigenvalue weighted by Crippen LogP contribution is 2.57. The minimum Gasteiger partial charge on any atom is -0.385 e. The second kappa shape index (κ2) is 6.51. The molecule has 0 aromatic carbocycles. The molecule has 21 heavy (non-hydrogen) atoms. The van der Waals surface area contributed by atoms with Crippen LogP contribution in [0, 0.1) is 23.2 Å². The van der Waals surface area contributed by atoms with Gasteiger partial charge in [0.1, 0.15) is 0 Å². The molecule has 1 heterocycles. The Bertz CT molecular complexity index is 426. The Balaban J connectivity index is 1.89. The van der Waals surface area contributed by atoms with E-state index < -0.39 is 0 Å². The molecular formula is C18H30N2O. The van der Waals surface area contributed by atoms with Crippen molar-refractivity contribution in [2.75, 3.05) is 13.7 Å². The normalized spacial score (nSPS) is 35.8. The first-order valence-corrected chi connectivity index (χ1v) is 8.75. The standard InChI is InChI=1S/C18H30N2O/c1-3-16-12-15-6-4-7-17(13-15)18(16,8-11-21-2)14-20-10-5-9-19-20/h5,9-10,15-17H,3-4,6-8,11-14H2,1-2H3. The number of nitrogens with zero attached hydrogens (tertiary/aromatic N) is 2. The Morgan fingerprint density at radius 3 is 2.95 bits per heavy atom. The summed E-state index contributed by atoms with van der Waals surface area (Å²) in [6, 6.07) is 2.05. The number of aromatic nitrogens is 2. The number of fused-ring (bicyclic) bond motifs is 2. The van der Waals surface area contributed by atoms with Gasteiger partial charge in [0.15, 0.2) is 0 Å². The SMILES string of the molecule is CCC1CC2CCCC(C2)C1(CCOC)Cn1cccn1. The second-order valence-corrected chi connectivity index (χ2v) is 7.25. The molecule has 0 spiro atoms. The molecule has 0 radical (unpaired) electrons. The van der Waals surface area contributed by atoms with Gasteiger partial charge in [-0.1, -0.05) is 26.2 Å². The van der Waals surface area contributed by atoms with Crippen molar-refractivity contribution in [2.45, 2.75) is 58.4 Å². The minimum atomic E-state index is 0.397. The molecule has 118 valence electrons. The summed E-state index contributed by atoms with van der Waals surface area (Å²) in [5, 5.41) is 4.51. The van der Waals surface area contributed by atoms with Crippen LogP contribution in [0.15, 0.2) is 18.5 Å². The van der Waals surface area contributed by atoms with Crippen molar-refractivity contribution in [2.24, 2.45) is 23.2 Å². The van der Waals surface area contributed by atoms with Crippen LogP contribution < -0.4 is 0 Å². The van der Waals surface area contributed by atoms with Crippen LogP contribution in [-0.2, 0) is 11.3 Å². The molecule has 3 nitrogen and oxygen atoms in total. The average Bonchev–Trinajstić information content (AvgIpc) is 3.01. The maximum atomic E-state index is 5.49. The number of methoxy groups -OCH3 is 1. The van der Waals surface area contributed by atoms with E-state index in [2.05, 4.69) is 29.0 Å². The highest BCUT2D eigenvalue weighted by molar-refractivity contribution is 4.99. The molecule has 4 unspecified atom stereocenters.